The standard InChI is InChI=1S/C20H26N2O2/c1-2-4-19(5-3-1)17-24-20-8-6-18(7-9-20)16-21-10-11-22-12-14-23-15-13-22/h1-9,21H,10-17H2. The van der Waals surface area contributed by atoms with E-state index in [9.17, 15) is 0 Å². The molecule has 4 heteroatoms. The van der Waals surface area contributed by atoms with E-state index >= 15 is 0 Å². The van der Waals surface area contributed by atoms with E-state index in [1.54, 1.807) is 0 Å². The predicted molar refractivity (Wildman–Crippen MR) is 96.2 cm³/mol. The van der Waals surface area contributed by atoms with Crippen LogP contribution in [-0.2, 0) is 17.9 Å². The van der Waals surface area contributed by atoms with Crippen LogP contribution in [0.5, 0.6) is 5.75 Å². The zero-order valence-electron chi connectivity index (χ0n) is 14.1. The van der Waals surface area contributed by atoms with Gasteiger partial charge in [-0.25, -0.2) is 0 Å². The largest absolute Gasteiger partial charge is 0.489 e. The summed E-state index contributed by atoms with van der Waals surface area (Å²) in [5.41, 5.74) is 2.47. The van der Waals surface area contributed by atoms with E-state index in [2.05, 4.69) is 34.5 Å². The Labute approximate surface area is 144 Å². The fourth-order valence-electron chi connectivity index (χ4n) is 2.74. The second-order valence-corrected chi connectivity index (χ2v) is 6.05. The molecule has 1 aliphatic heterocycles. The number of hydrogen-bond donors (Lipinski definition) is 1. The number of hydrogen-bond acceptors (Lipinski definition) is 4. The zero-order valence-corrected chi connectivity index (χ0v) is 14.1. The summed E-state index contributed by atoms with van der Waals surface area (Å²) in [6.45, 7) is 7.42. The van der Waals surface area contributed by atoms with Crippen LogP contribution in [0.2, 0.25) is 0 Å². The van der Waals surface area contributed by atoms with Gasteiger partial charge in [-0.2, -0.15) is 0 Å². The van der Waals surface area contributed by atoms with Crippen molar-refractivity contribution in [2.75, 3.05) is 39.4 Å². The molecule has 0 bridgehead atoms. The molecule has 0 aliphatic carbocycles. The smallest absolute Gasteiger partial charge is 0.119 e. The van der Waals surface area contributed by atoms with Crippen molar-refractivity contribution < 1.29 is 9.47 Å². The summed E-state index contributed by atoms with van der Waals surface area (Å²) < 4.78 is 11.2. The first kappa shape index (κ1) is 17.0. The zero-order chi connectivity index (χ0) is 16.5. The minimum absolute atomic E-state index is 0.609. The van der Waals surface area contributed by atoms with Gasteiger partial charge in [0.05, 0.1) is 13.2 Å². The van der Waals surface area contributed by atoms with E-state index in [1.165, 1.54) is 11.1 Å². The Kier molecular flexibility index (Phi) is 6.66. The van der Waals surface area contributed by atoms with Crippen molar-refractivity contribution in [3.63, 3.8) is 0 Å². The van der Waals surface area contributed by atoms with Gasteiger partial charge in [-0.1, -0.05) is 42.5 Å². The SMILES string of the molecule is c1ccc(COc2ccc(CNCCN3CCOCC3)cc2)cc1. The van der Waals surface area contributed by atoms with Gasteiger partial charge in [0, 0.05) is 32.7 Å². The van der Waals surface area contributed by atoms with E-state index in [4.69, 9.17) is 9.47 Å². The average Bonchev–Trinajstić information content (AvgIpc) is 2.66. The van der Waals surface area contributed by atoms with Gasteiger partial charge in [0.25, 0.3) is 0 Å². The highest BCUT2D eigenvalue weighted by Crippen LogP contribution is 2.14. The Hall–Kier alpha value is -1.88. The van der Waals surface area contributed by atoms with Gasteiger partial charge in [-0.3, -0.25) is 4.90 Å². The summed E-state index contributed by atoms with van der Waals surface area (Å²) in [6, 6.07) is 18.6. The van der Waals surface area contributed by atoms with Crippen molar-refractivity contribution in [1.29, 1.82) is 0 Å². The third-order valence-electron chi connectivity index (χ3n) is 4.21. The average molecular weight is 326 g/mol. The second kappa shape index (κ2) is 9.42. The number of benzene rings is 2. The van der Waals surface area contributed by atoms with Crippen LogP contribution in [0.1, 0.15) is 11.1 Å². The van der Waals surface area contributed by atoms with Gasteiger partial charge in [-0.05, 0) is 23.3 Å². The topological polar surface area (TPSA) is 33.7 Å². The Bertz CT molecular complexity index is 580. The molecule has 1 fully saturated rings. The molecule has 2 aromatic rings. The van der Waals surface area contributed by atoms with Crippen molar-refractivity contribution in [3.8, 4) is 5.75 Å². The Morgan fingerprint density at radius 2 is 1.67 bits per heavy atom. The molecular weight excluding hydrogens is 300 g/mol. The molecule has 0 spiro atoms. The Morgan fingerprint density at radius 1 is 0.917 bits per heavy atom. The van der Waals surface area contributed by atoms with Crippen LogP contribution in [0.25, 0.3) is 0 Å². The first-order valence-corrected chi connectivity index (χ1v) is 8.67. The van der Waals surface area contributed by atoms with Crippen LogP contribution in [0.15, 0.2) is 54.6 Å². The fraction of sp³-hybridized carbons (Fsp3) is 0.400. The Morgan fingerprint density at radius 3 is 2.42 bits per heavy atom. The molecular formula is C20H26N2O2. The molecule has 0 atom stereocenters. The molecule has 3 rings (SSSR count). The molecule has 4 nitrogen and oxygen atoms in total. The molecule has 24 heavy (non-hydrogen) atoms. The fourth-order valence-corrected chi connectivity index (χ4v) is 2.74. The van der Waals surface area contributed by atoms with Crippen LogP contribution in [0, 0.1) is 0 Å². The molecule has 1 aliphatic rings. The molecule has 1 N–H and O–H groups in total. The first-order valence-electron chi connectivity index (χ1n) is 8.67. The number of ether oxygens (including phenoxy) is 2. The molecule has 1 heterocycles. The van der Waals surface area contributed by atoms with Gasteiger partial charge in [0.2, 0.25) is 0 Å². The summed E-state index contributed by atoms with van der Waals surface area (Å²) in [5, 5.41) is 3.50. The quantitative estimate of drug-likeness (QED) is 0.756. The molecule has 0 radical (unpaired) electrons. The highest BCUT2D eigenvalue weighted by Gasteiger charge is 2.08. The molecule has 2 aromatic carbocycles. The maximum absolute atomic E-state index is 5.81. The number of nitrogens with zero attached hydrogens (tertiary/aromatic N) is 1. The van der Waals surface area contributed by atoms with Gasteiger partial charge in [0.1, 0.15) is 12.4 Å². The van der Waals surface area contributed by atoms with E-state index < -0.39 is 0 Å². The highest BCUT2D eigenvalue weighted by molar-refractivity contribution is 5.27. The van der Waals surface area contributed by atoms with Crippen LogP contribution < -0.4 is 10.1 Å². The predicted octanol–water partition coefficient (Wildman–Crippen LogP) is 2.69. The Balaban J connectivity index is 1.35. The minimum Gasteiger partial charge on any atom is -0.489 e. The van der Waals surface area contributed by atoms with Crippen molar-refractivity contribution >= 4 is 0 Å². The molecule has 0 saturated carbocycles. The molecule has 1 saturated heterocycles. The molecule has 0 unspecified atom stereocenters. The third kappa shape index (κ3) is 5.64. The summed E-state index contributed by atoms with van der Waals surface area (Å²) in [5.74, 6) is 0.913. The summed E-state index contributed by atoms with van der Waals surface area (Å²) in [7, 11) is 0. The number of morpholine rings is 1. The third-order valence-corrected chi connectivity index (χ3v) is 4.21. The lowest BCUT2D eigenvalue weighted by atomic mass is 10.2. The first-order chi connectivity index (χ1) is 11.9. The van der Waals surface area contributed by atoms with E-state index in [0.29, 0.717) is 6.61 Å². The maximum atomic E-state index is 5.81. The summed E-state index contributed by atoms with van der Waals surface area (Å²) in [6.07, 6.45) is 0. The van der Waals surface area contributed by atoms with Crippen LogP contribution in [-0.4, -0.2) is 44.3 Å². The van der Waals surface area contributed by atoms with E-state index in [0.717, 1.165) is 51.7 Å². The number of nitrogens with one attached hydrogen (secondary N) is 1. The van der Waals surface area contributed by atoms with Gasteiger partial charge < -0.3 is 14.8 Å². The van der Waals surface area contributed by atoms with Crippen LogP contribution >= 0.6 is 0 Å². The molecule has 0 amide bonds. The van der Waals surface area contributed by atoms with Crippen molar-refractivity contribution in [2.24, 2.45) is 0 Å². The lowest BCUT2D eigenvalue weighted by Gasteiger charge is -2.26. The van der Waals surface area contributed by atoms with Crippen LogP contribution in [0.3, 0.4) is 0 Å². The minimum atomic E-state index is 0.609. The van der Waals surface area contributed by atoms with Gasteiger partial charge >= 0.3 is 0 Å². The van der Waals surface area contributed by atoms with Gasteiger partial charge in [0.15, 0.2) is 0 Å². The monoisotopic (exact) mass is 326 g/mol. The van der Waals surface area contributed by atoms with Crippen molar-refractivity contribution in [2.45, 2.75) is 13.2 Å². The second-order valence-electron chi connectivity index (χ2n) is 6.05. The summed E-state index contributed by atoms with van der Waals surface area (Å²) in [4.78, 5) is 2.44. The highest BCUT2D eigenvalue weighted by atomic mass is 16.5. The lowest BCUT2D eigenvalue weighted by molar-refractivity contribution is 0.0384. The molecule has 128 valence electrons. The molecule has 0 aromatic heterocycles. The lowest BCUT2D eigenvalue weighted by Crippen LogP contribution is -2.40. The van der Waals surface area contributed by atoms with Crippen molar-refractivity contribution in [3.05, 3.63) is 65.7 Å². The van der Waals surface area contributed by atoms with Crippen molar-refractivity contribution in [1.82, 2.24) is 10.2 Å². The van der Waals surface area contributed by atoms with Crippen LogP contribution in [0.4, 0.5) is 0 Å². The van der Waals surface area contributed by atoms with E-state index in [1.807, 2.05) is 30.3 Å². The number of rotatable bonds is 8. The van der Waals surface area contributed by atoms with E-state index in [-0.39, 0.29) is 0 Å². The maximum Gasteiger partial charge on any atom is 0.119 e. The summed E-state index contributed by atoms with van der Waals surface area (Å²) >= 11 is 0. The normalized spacial score (nSPS) is 15.3. The van der Waals surface area contributed by atoms with Gasteiger partial charge in [-0.15, -0.1) is 0 Å².